The molecule has 0 aromatic rings. The van der Waals surface area contributed by atoms with E-state index < -0.39 is 5.97 Å². The second-order valence-corrected chi connectivity index (χ2v) is 3.88. The Morgan fingerprint density at radius 1 is 1.53 bits per heavy atom. The molecule has 1 N–H and O–H groups in total. The zero-order valence-corrected chi connectivity index (χ0v) is 8.73. The maximum atomic E-state index is 11.6. The van der Waals surface area contributed by atoms with Crippen molar-refractivity contribution < 1.29 is 19.5 Å². The normalized spacial score (nSPS) is 20.7. The summed E-state index contributed by atoms with van der Waals surface area (Å²) in [4.78, 5) is 34.1. The highest BCUT2D eigenvalue weighted by Crippen LogP contribution is 2.22. The van der Waals surface area contributed by atoms with Gasteiger partial charge in [-0.2, -0.15) is 0 Å². The van der Waals surface area contributed by atoms with E-state index in [1.165, 1.54) is 11.8 Å². The Morgan fingerprint density at radius 2 is 2.20 bits per heavy atom. The smallest absolute Gasteiger partial charge is 0.323 e. The fourth-order valence-corrected chi connectivity index (χ4v) is 1.77. The predicted octanol–water partition coefficient (Wildman–Crippen LogP) is 0.289. The summed E-state index contributed by atoms with van der Waals surface area (Å²) in [7, 11) is 0. The average molecular weight is 213 g/mol. The van der Waals surface area contributed by atoms with Gasteiger partial charge in [-0.05, 0) is 19.8 Å². The van der Waals surface area contributed by atoms with E-state index in [0.29, 0.717) is 25.8 Å². The summed E-state index contributed by atoms with van der Waals surface area (Å²) in [6.45, 7) is 1.76. The molecule has 0 spiro atoms. The van der Waals surface area contributed by atoms with Gasteiger partial charge >= 0.3 is 5.97 Å². The SMILES string of the molecule is CC(=O)CCC1CCN(CC(=O)O)C1=O. The van der Waals surface area contributed by atoms with Crippen LogP contribution in [0, 0.1) is 5.92 Å². The lowest BCUT2D eigenvalue weighted by atomic mass is 10.0. The summed E-state index contributed by atoms with van der Waals surface area (Å²) in [6, 6.07) is 0. The summed E-state index contributed by atoms with van der Waals surface area (Å²) in [5, 5.41) is 8.55. The molecular weight excluding hydrogens is 198 g/mol. The molecule has 1 heterocycles. The van der Waals surface area contributed by atoms with Crippen molar-refractivity contribution in [1.82, 2.24) is 4.90 Å². The highest BCUT2D eigenvalue weighted by atomic mass is 16.4. The quantitative estimate of drug-likeness (QED) is 0.712. The first kappa shape index (κ1) is 11.7. The zero-order valence-electron chi connectivity index (χ0n) is 8.73. The van der Waals surface area contributed by atoms with E-state index in [1.807, 2.05) is 0 Å². The number of ketones is 1. The molecule has 1 unspecified atom stereocenters. The van der Waals surface area contributed by atoms with Gasteiger partial charge < -0.3 is 14.8 Å². The number of carbonyl (C=O) groups is 3. The summed E-state index contributed by atoms with van der Waals surface area (Å²) in [6.07, 6.45) is 1.61. The monoisotopic (exact) mass is 213 g/mol. The van der Waals surface area contributed by atoms with Gasteiger partial charge in [-0.3, -0.25) is 9.59 Å². The number of nitrogens with zero attached hydrogens (tertiary/aromatic N) is 1. The molecule has 0 aliphatic carbocycles. The zero-order chi connectivity index (χ0) is 11.4. The summed E-state index contributed by atoms with van der Waals surface area (Å²) in [5.41, 5.74) is 0. The Morgan fingerprint density at radius 3 is 2.73 bits per heavy atom. The first-order valence-electron chi connectivity index (χ1n) is 5.00. The Bertz CT molecular complexity index is 287. The van der Waals surface area contributed by atoms with E-state index in [0.717, 1.165) is 0 Å². The molecule has 15 heavy (non-hydrogen) atoms. The standard InChI is InChI=1S/C10H15NO4/c1-7(12)2-3-8-4-5-11(10(8)15)6-9(13)14/h8H,2-6H2,1H3,(H,13,14). The molecule has 0 radical (unpaired) electrons. The van der Waals surface area contributed by atoms with Gasteiger partial charge in [-0.15, -0.1) is 0 Å². The minimum absolute atomic E-state index is 0.0690. The molecule has 1 atom stereocenters. The molecule has 1 fully saturated rings. The second-order valence-electron chi connectivity index (χ2n) is 3.88. The van der Waals surface area contributed by atoms with Gasteiger partial charge in [0, 0.05) is 18.9 Å². The van der Waals surface area contributed by atoms with Crippen LogP contribution in [-0.4, -0.2) is 40.8 Å². The van der Waals surface area contributed by atoms with Gasteiger partial charge in [0.15, 0.2) is 0 Å². The number of aliphatic carboxylic acids is 1. The van der Waals surface area contributed by atoms with E-state index in [4.69, 9.17) is 5.11 Å². The van der Waals surface area contributed by atoms with Crippen molar-refractivity contribution in [2.24, 2.45) is 5.92 Å². The number of likely N-dealkylation sites (tertiary alicyclic amines) is 1. The van der Waals surface area contributed by atoms with Crippen LogP contribution in [0.5, 0.6) is 0 Å². The van der Waals surface area contributed by atoms with Gasteiger partial charge in [0.25, 0.3) is 0 Å². The minimum atomic E-state index is -0.990. The van der Waals surface area contributed by atoms with Gasteiger partial charge in [0.1, 0.15) is 12.3 Å². The van der Waals surface area contributed by atoms with Crippen molar-refractivity contribution in [3.63, 3.8) is 0 Å². The van der Waals surface area contributed by atoms with Gasteiger partial charge in [-0.25, -0.2) is 0 Å². The highest BCUT2D eigenvalue weighted by molar-refractivity contribution is 5.85. The number of Topliss-reactive ketones (excluding diaryl/α,β-unsaturated/α-hetero) is 1. The van der Waals surface area contributed by atoms with Crippen LogP contribution in [0.4, 0.5) is 0 Å². The van der Waals surface area contributed by atoms with Crippen LogP contribution >= 0.6 is 0 Å². The molecular formula is C10H15NO4. The Kier molecular flexibility index (Phi) is 3.82. The molecule has 0 aromatic carbocycles. The van der Waals surface area contributed by atoms with Crippen molar-refractivity contribution in [2.45, 2.75) is 26.2 Å². The number of carbonyl (C=O) groups excluding carboxylic acids is 2. The topological polar surface area (TPSA) is 74.7 Å². The number of hydrogen-bond acceptors (Lipinski definition) is 3. The van der Waals surface area contributed by atoms with E-state index >= 15 is 0 Å². The molecule has 0 bridgehead atoms. The summed E-state index contributed by atoms with van der Waals surface area (Å²) < 4.78 is 0. The molecule has 1 amide bonds. The van der Waals surface area contributed by atoms with Crippen molar-refractivity contribution in [3.05, 3.63) is 0 Å². The molecule has 84 valence electrons. The summed E-state index contributed by atoms with van der Waals surface area (Å²) in [5.74, 6) is -1.21. The van der Waals surface area contributed by atoms with Crippen LogP contribution in [0.3, 0.4) is 0 Å². The largest absolute Gasteiger partial charge is 0.480 e. The van der Waals surface area contributed by atoms with E-state index in [1.54, 1.807) is 0 Å². The molecule has 1 saturated heterocycles. The third-order valence-corrected chi connectivity index (χ3v) is 2.58. The molecule has 5 nitrogen and oxygen atoms in total. The average Bonchev–Trinajstić information content (AvgIpc) is 2.44. The second kappa shape index (κ2) is 4.91. The predicted molar refractivity (Wildman–Crippen MR) is 52.2 cm³/mol. The van der Waals surface area contributed by atoms with Gasteiger partial charge in [0.2, 0.25) is 5.91 Å². The lowest BCUT2D eigenvalue weighted by Gasteiger charge is -2.13. The number of rotatable bonds is 5. The van der Waals surface area contributed by atoms with Crippen molar-refractivity contribution in [2.75, 3.05) is 13.1 Å². The number of amides is 1. The minimum Gasteiger partial charge on any atom is -0.480 e. The lowest BCUT2D eigenvalue weighted by molar-refractivity contribution is -0.143. The highest BCUT2D eigenvalue weighted by Gasteiger charge is 2.32. The fourth-order valence-electron chi connectivity index (χ4n) is 1.77. The summed E-state index contributed by atoms with van der Waals surface area (Å²) >= 11 is 0. The number of hydrogen-bond donors (Lipinski definition) is 1. The van der Waals surface area contributed by atoms with Crippen LogP contribution in [0.25, 0.3) is 0 Å². The van der Waals surface area contributed by atoms with E-state index in [9.17, 15) is 14.4 Å². The van der Waals surface area contributed by atoms with Crippen LogP contribution in [0.15, 0.2) is 0 Å². The maximum Gasteiger partial charge on any atom is 0.323 e. The molecule has 1 rings (SSSR count). The molecule has 0 saturated carbocycles. The van der Waals surface area contributed by atoms with Crippen LogP contribution < -0.4 is 0 Å². The fraction of sp³-hybridized carbons (Fsp3) is 0.700. The van der Waals surface area contributed by atoms with E-state index in [-0.39, 0.29) is 24.2 Å². The molecule has 0 aromatic heterocycles. The van der Waals surface area contributed by atoms with Crippen LogP contribution in [0.1, 0.15) is 26.2 Å². The Hall–Kier alpha value is -1.39. The van der Waals surface area contributed by atoms with Crippen LogP contribution in [0.2, 0.25) is 0 Å². The van der Waals surface area contributed by atoms with Gasteiger partial charge in [-0.1, -0.05) is 0 Å². The Balaban J connectivity index is 2.42. The first-order valence-corrected chi connectivity index (χ1v) is 5.00. The van der Waals surface area contributed by atoms with Crippen molar-refractivity contribution >= 4 is 17.7 Å². The first-order chi connectivity index (χ1) is 7.00. The Labute approximate surface area is 88.1 Å². The van der Waals surface area contributed by atoms with Crippen molar-refractivity contribution in [1.29, 1.82) is 0 Å². The third kappa shape index (κ3) is 3.34. The molecule has 1 aliphatic rings. The number of carboxylic acids is 1. The molecule has 1 aliphatic heterocycles. The van der Waals surface area contributed by atoms with E-state index in [2.05, 4.69) is 0 Å². The maximum absolute atomic E-state index is 11.6. The van der Waals surface area contributed by atoms with Crippen molar-refractivity contribution in [3.8, 4) is 0 Å². The third-order valence-electron chi connectivity index (χ3n) is 2.58. The van der Waals surface area contributed by atoms with Crippen LogP contribution in [-0.2, 0) is 14.4 Å². The van der Waals surface area contributed by atoms with Gasteiger partial charge in [0.05, 0.1) is 0 Å². The number of carboxylic acid groups (broad SMARTS) is 1. The lowest BCUT2D eigenvalue weighted by Crippen LogP contribution is -2.32. The molecule has 5 heteroatoms.